The number of halogens is 1. The van der Waals surface area contributed by atoms with Crippen molar-refractivity contribution in [2.45, 2.75) is 13.0 Å². The number of rotatable bonds is 3. The molecule has 0 saturated heterocycles. The molecule has 0 radical (unpaired) electrons. The lowest BCUT2D eigenvalue weighted by Gasteiger charge is -2.16. The molecule has 1 aromatic heterocycles. The Hall–Kier alpha value is -0.860. The Morgan fingerprint density at radius 1 is 1.69 bits per heavy atom. The van der Waals surface area contributed by atoms with Crippen molar-refractivity contribution in [3.8, 4) is 0 Å². The summed E-state index contributed by atoms with van der Waals surface area (Å²) in [5.41, 5.74) is 1.84. The van der Waals surface area contributed by atoms with Crippen molar-refractivity contribution >= 4 is 11.6 Å². The third-order valence-corrected chi connectivity index (χ3v) is 2.16. The normalized spacial score (nSPS) is 12.5. The molecule has 3 heteroatoms. The van der Waals surface area contributed by atoms with E-state index < -0.39 is 0 Å². The van der Waals surface area contributed by atoms with Crippen molar-refractivity contribution in [3.05, 3.63) is 41.2 Å². The predicted molar refractivity (Wildman–Crippen MR) is 55.9 cm³/mol. The number of nitrogens with one attached hydrogen (secondary N) is 1. The SMILES string of the molecule is C=C(C)C(NC)c1ncccc1Cl. The fourth-order valence-electron chi connectivity index (χ4n) is 1.23. The number of pyridine rings is 1. The maximum Gasteiger partial charge on any atom is 0.0800 e. The molecule has 0 amide bonds. The molecule has 0 aliphatic rings. The topological polar surface area (TPSA) is 24.9 Å². The fourth-order valence-corrected chi connectivity index (χ4v) is 1.46. The minimum Gasteiger partial charge on any atom is -0.308 e. The van der Waals surface area contributed by atoms with Crippen molar-refractivity contribution in [2.24, 2.45) is 0 Å². The monoisotopic (exact) mass is 196 g/mol. The Balaban J connectivity index is 3.04. The molecule has 2 nitrogen and oxygen atoms in total. The van der Waals surface area contributed by atoms with E-state index in [9.17, 15) is 0 Å². The van der Waals surface area contributed by atoms with Crippen LogP contribution in [0.2, 0.25) is 5.02 Å². The van der Waals surface area contributed by atoms with Crippen LogP contribution < -0.4 is 5.32 Å². The van der Waals surface area contributed by atoms with E-state index in [1.54, 1.807) is 6.20 Å². The maximum absolute atomic E-state index is 6.00. The van der Waals surface area contributed by atoms with E-state index in [2.05, 4.69) is 16.9 Å². The van der Waals surface area contributed by atoms with Crippen molar-refractivity contribution in [1.82, 2.24) is 10.3 Å². The van der Waals surface area contributed by atoms with Gasteiger partial charge in [0.05, 0.1) is 16.8 Å². The Labute approximate surface area is 83.6 Å². The quantitative estimate of drug-likeness (QED) is 0.752. The van der Waals surface area contributed by atoms with Gasteiger partial charge in [-0.1, -0.05) is 23.8 Å². The lowest BCUT2D eigenvalue weighted by atomic mass is 10.1. The van der Waals surface area contributed by atoms with E-state index in [1.165, 1.54) is 0 Å². The van der Waals surface area contributed by atoms with E-state index in [0.717, 1.165) is 11.3 Å². The van der Waals surface area contributed by atoms with Gasteiger partial charge in [-0.15, -0.1) is 0 Å². The van der Waals surface area contributed by atoms with Crippen molar-refractivity contribution in [3.63, 3.8) is 0 Å². The molecule has 1 rings (SSSR count). The number of aromatic nitrogens is 1. The molecule has 70 valence electrons. The molecule has 0 fully saturated rings. The summed E-state index contributed by atoms with van der Waals surface area (Å²) in [6, 6.07) is 3.68. The van der Waals surface area contributed by atoms with Crippen LogP contribution in [0.5, 0.6) is 0 Å². The third kappa shape index (κ3) is 2.29. The first-order valence-electron chi connectivity index (χ1n) is 4.10. The van der Waals surface area contributed by atoms with Gasteiger partial charge in [0.1, 0.15) is 0 Å². The van der Waals surface area contributed by atoms with E-state index in [1.807, 2.05) is 26.1 Å². The third-order valence-electron chi connectivity index (χ3n) is 1.84. The maximum atomic E-state index is 6.00. The number of likely N-dealkylation sites (N-methyl/N-ethyl adjacent to an activating group) is 1. The van der Waals surface area contributed by atoms with Crippen LogP contribution in [0, 0.1) is 0 Å². The number of nitrogens with zero attached hydrogens (tertiary/aromatic N) is 1. The van der Waals surface area contributed by atoms with Crippen LogP contribution in [0.15, 0.2) is 30.5 Å². The molecule has 1 atom stereocenters. The van der Waals surface area contributed by atoms with Crippen LogP contribution in [0.3, 0.4) is 0 Å². The van der Waals surface area contributed by atoms with Crippen molar-refractivity contribution in [2.75, 3.05) is 7.05 Å². The second kappa shape index (κ2) is 4.40. The summed E-state index contributed by atoms with van der Waals surface area (Å²) >= 11 is 6.00. The van der Waals surface area contributed by atoms with Crippen LogP contribution >= 0.6 is 11.6 Å². The highest BCUT2D eigenvalue weighted by Crippen LogP contribution is 2.24. The van der Waals surface area contributed by atoms with Gasteiger partial charge in [0.15, 0.2) is 0 Å². The van der Waals surface area contributed by atoms with Gasteiger partial charge in [-0.3, -0.25) is 4.98 Å². The summed E-state index contributed by atoms with van der Waals surface area (Å²) in [7, 11) is 1.87. The average molecular weight is 197 g/mol. The number of hydrogen-bond donors (Lipinski definition) is 1. The van der Waals surface area contributed by atoms with Crippen molar-refractivity contribution in [1.29, 1.82) is 0 Å². The highest BCUT2D eigenvalue weighted by atomic mass is 35.5. The van der Waals surface area contributed by atoms with Crippen LogP contribution in [-0.2, 0) is 0 Å². The summed E-state index contributed by atoms with van der Waals surface area (Å²) in [4.78, 5) is 4.22. The molecule has 13 heavy (non-hydrogen) atoms. The first kappa shape index (κ1) is 10.2. The van der Waals surface area contributed by atoms with Crippen LogP contribution in [0.1, 0.15) is 18.7 Å². The van der Waals surface area contributed by atoms with Gasteiger partial charge < -0.3 is 5.32 Å². The van der Waals surface area contributed by atoms with E-state index >= 15 is 0 Å². The lowest BCUT2D eigenvalue weighted by Crippen LogP contribution is -2.18. The highest BCUT2D eigenvalue weighted by molar-refractivity contribution is 6.31. The van der Waals surface area contributed by atoms with E-state index in [4.69, 9.17) is 11.6 Å². The fraction of sp³-hybridized carbons (Fsp3) is 0.300. The van der Waals surface area contributed by atoms with Gasteiger partial charge in [-0.2, -0.15) is 0 Å². The largest absolute Gasteiger partial charge is 0.308 e. The summed E-state index contributed by atoms with van der Waals surface area (Å²) in [5, 5.41) is 3.78. The van der Waals surface area contributed by atoms with E-state index in [0.29, 0.717) is 5.02 Å². The Morgan fingerprint density at radius 3 is 2.85 bits per heavy atom. The Kier molecular flexibility index (Phi) is 3.46. The molecule has 0 aliphatic carbocycles. The molecule has 0 aromatic carbocycles. The standard InChI is InChI=1S/C10H13ClN2/c1-7(2)9(12-3)10-8(11)5-4-6-13-10/h4-6,9,12H,1H2,2-3H3. The lowest BCUT2D eigenvalue weighted by molar-refractivity contribution is 0.660. The zero-order chi connectivity index (χ0) is 9.84. The summed E-state index contributed by atoms with van der Waals surface area (Å²) in [6.45, 7) is 5.83. The molecular weight excluding hydrogens is 184 g/mol. The summed E-state index contributed by atoms with van der Waals surface area (Å²) < 4.78 is 0. The summed E-state index contributed by atoms with van der Waals surface area (Å²) in [5.74, 6) is 0. The van der Waals surface area contributed by atoms with Crippen LogP contribution in [0.4, 0.5) is 0 Å². The second-order valence-corrected chi connectivity index (χ2v) is 3.35. The van der Waals surface area contributed by atoms with Crippen LogP contribution in [-0.4, -0.2) is 12.0 Å². The van der Waals surface area contributed by atoms with Gasteiger partial charge in [0.2, 0.25) is 0 Å². The highest BCUT2D eigenvalue weighted by Gasteiger charge is 2.13. The van der Waals surface area contributed by atoms with Gasteiger partial charge >= 0.3 is 0 Å². The number of hydrogen-bond acceptors (Lipinski definition) is 2. The molecule has 1 heterocycles. The Bertz CT molecular complexity index is 310. The Morgan fingerprint density at radius 2 is 2.38 bits per heavy atom. The second-order valence-electron chi connectivity index (χ2n) is 2.94. The van der Waals surface area contributed by atoms with E-state index in [-0.39, 0.29) is 6.04 Å². The molecule has 1 N–H and O–H groups in total. The first-order chi connectivity index (χ1) is 6.16. The molecule has 0 saturated carbocycles. The molecule has 0 bridgehead atoms. The molecule has 0 aliphatic heterocycles. The van der Waals surface area contributed by atoms with Gasteiger partial charge in [0.25, 0.3) is 0 Å². The predicted octanol–water partition coefficient (Wildman–Crippen LogP) is 2.57. The minimum atomic E-state index is 0.0358. The van der Waals surface area contributed by atoms with Gasteiger partial charge in [-0.05, 0) is 26.1 Å². The minimum absolute atomic E-state index is 0.0358. The zero-order valence-electron chi connectivity index (χ0n) is 7.84. The average Bonchev–Trinajstić information content (AvgIpc) is 2.09. The van der Waals surface area contributed by atoms with Crippen molar-refractivity contribution < 1.29 is 0 Å². The van der Waals surface area contributed by atoms with Crippen LogP contribution in [0.25, 0.3) is 0 Å². The smallest absolute Gasteiger partial charge is 0.0800 e. The zero-order valence-corrected chi connectivity index (χ0v) is 8.60. The van der Waals surface area contributed by atoms with Gasteiger partial charge in [-0.25, -0.2) is 0 Å². The molecule has 1 unspecified atom stereocenters. The molecule has 1 aromatic rings. The molecule has 0 spiro atoms. The first-order valence-corrected chi connectivity index (χ1v) is 4.47. The van der Waals surface area contributed by atoms with Gasteiger partial charge in [0, 0.05) is 6.20 Å². The summed E-state index contributed by atoms with van der Waals surface area (Å²) in [6.07, 6.45) is 1.73. The molecular formula is C10H13ClN2.